The quantitative estimate of drug-likeness (QED) is 0.214. The second-order valence-electron chi connectivity index (χ2n) is 10.0. The number of nitrogens with one attached hydrogen (secondary N) is 1. The van der Waals surface area contributed by atoms with E-state index in [0.29, 0.717) is 16.9 Å². The van der Waals surface area contributed by atoms with Crippen LogP contribution in [0.15, 0.2) is 77.7 Å². The molecule has 0 aromatic heterocycles. The van der Waals surface area contributed by atoms with Gasteiger partial charge in [-0.05, 0) is 61.2 Å². The lowest BCUT2D eigenvalue weighted by Gasteiger charge is -2.33. The summed E-state index contributed by atoms with van der Waals surface area (Å²) in [6, 6.07) is 16.1. The molecule has 0 heterocycles. The average Bonchev–Trinajstić information content (AvgIpc) is 2.97. The molecule has 1 N–H and O–H groups in total. The average molecular weight is 638 g/mol. The van der Waals surface area contributed by atoms with Crippen LogP contribution in [0.4, 0.5) is 18.9 Å². The predicted octanol–water partition coefficient (Wildman–Crippen LogP) is 6.59. The predicted molar refractivity (Wildman–Crippen MR) is 161 cm³/mol. The summed E-state index contributed by atoms with van der Waals surface area (Å²) in [4.78, 5) is 28.4. The minimum atomic E-state index is -4.87. The van der Waals surface area contributed by atoms with Gasteiger partial charge in [-0.1, -0.05) is 74.3 Å². The van der Waals surface area contributed by atoms with Gasteiger partial charge in [0.25, 0.3) is 10.0 Å². The summed E-state index contributed by atoms with van der Waals surface area (Å²) in [6.45, 7) is 5.08. The molecule has 0 radical (unpaired) electrons. The van der Waals surface area contributed by atoms with Crippen molar-refractivity contribution in [1.82, 2.24) is 10.2 Å². The number of amides is 2. The van der Waals surface area contributed by atoms with Gasteiger partial charge in [-0.15, -0.1) is 0 Å². The maximum absolute atomic E-state index is 14.1. The molecule has 0 saturated carbocycles. The van der Waals surface area contributed by atoms with E-state index in [-0.39, 0.29) is 17.9 Å². The normalized spacial score (nSPS) is 12.4. The molecular formula is C31H35ClF3N3O4S. The molecule has 0 aliphatic carbocycles. The molecule has 12 heteroatoms. The van der Waals surface area contributed by atoms with E-state index in [0.717, 1.165) is 36.1 Å². The van der Waals surface area contributed by atoms with Crippen molar-refractivity contribution in [3.05, 3.63) is 94.5 Å². The molecule has 3 aromatic carbocycles. The molecule has 1 unspecified atom stereocenters. The first-order valence-corrected chi connectivity index (χ1v) is 15.7. The number of hydrogen-bond donors (Lipinski definition) is 1. The highest BCUT2D eigenvalue weighted by atomic mass is 35.5. The molecule has 7 nitrogen and oxygen atoms in total. The van der Waals surface area contributed by atoms with Crippen molar-refractivity contribution in [2.45, 2.75) is 63.7 Å². The molecule has 3 rings (SSSR count). The number of rotatable bonds is 13. The van der Waals surface area contributed by atoms with Crippen LogP contribution in [0.5, 0.6) is 0 Å². The maximum Gasteiger partial charge on any atom is 0.417 e. The third-order valence-corrected chi connectivity index (χ3v) is 9.09. The third kappa shape index (κ3) is 8.51. The number of unbranched alkanes of at least 4 members (excludes halogenated alkanes) is 1. The Morgan fingerprint density at radius 1 is 0.977 bits per heavy atom. The highest BCUT2D eigenvalue weighted by Gasteiger charge is 2.37. The van der Waals surface area contributed by atoms with Crippen LogP contribution in [0, 0.1) is 6.92 Å². The van der Waals surface area contributed by atoms with E-state index in [1.165, 1.54) is 29.2 Å². The summed E-state index contributed by atoms with van der Waals surface area (Å²) in [5.41, 5.74) is -0.0575. The first-order chi connectivity index (χ1) is 20.3. The summed E-state index contributed by atoms with van der Waals surface area (Å²) in [6.07, 6.45) is -3.08. The number of carbonyl (C=O) groups excluding carboxylic acids is 2. The molecule has 0 fully saturated rings. The first-order valence-electron chi connectivity index (χ1n) is 13.9. The monoisotopic (exact) mass is 637 g/mol. The Morgan fingerprint density at radius 3 is 2.23 bits per heavy atom. The highest BCUT2D eigenvalue weighted by molar-refractivity contribution is 7.92. The zero-order chi connectivity index (χ0) is 31.8. The zero-order valence-corrected chi connectivity index (χ0v) is 25.8. The number of hydrogen-bond acceptors (Lipinski definition) is 4. The van der Waals surface area contributed by atoms with Crippen molar-refractivity contribution < 1.29 is 31.2 Å². The third-order valence-electron chi connectivity index (χ3n) is 6.97. The molecule has 232 valence electrons. The van der Waals surface area contributed by atoms with E-state index in [4.69, 9.17) is 11.6 Å². The minimum Gasteiger partial charge on any atom is -0.354 e. The van der Waals surface area contributed by atoms with Crippen LogP contribution in [0.2, 0.25) is 5.02 Å². The number of anilines is 1. The van der Waals surface area contributed by atoms with Crippen LogP contribution in [-0.2, 0) is 32.3 Å². The van der Waals surface area contributed by atoms with Gasteiger partial charge in [0.2, 0.25) is 11.8 Å². The largest absolute Gasteiger partial charge is 0.417 e. The number of halogens is 4. The Hall–Kier alpha value is -3.57. The van der Waals surface area contributed by atoms with Crippen molar-refractivity contribution in [3.63, 3.8) is 0 Å². The summed E-state index contributed by atoms with van der Waals surface area (Å²) in [5.74, 6) is -1.16. The van der Waals surface area contributed by atoms with Crippen molar-refractivity contribution in [3.8, 4) is 0 Å². The fraction of sp³-hybridized carbons (Fsp3) is 0.355. The van der Waals surface area contributed by atoms with E-state index in [9.17, 15) is 31.2 Å². The van der Waals surface area contributed by atoms with Gasteiger partial charge in [-0.25, -0.2) is 8.42 Å². The van der Waals surface area contributed by atoms with Crippen LogP contribution in [0.1, 0.15) is 49.8 Å². The van der Waals surface area contributed by atoms with E-state index in [2.05, 4.69) is 5.32 Å². The lowest BCUT2D eigenvalue weighted by atomic mass is 10.1. The SMILES string of the molecule is CCCCNC(=O)C(CC)N(Cc1ccccc1C)C(=O)CN(c1ccc(Cl)c(C(F)(F)F)c1)S(=O)(=O)c1ccccc1. The highest BCUT2D eigenvalue weighted by Crippen LogP contribution is 2.38. The molecule has 0 aliphatic heterocycles. The Morgan fingerprint density at radius 2 is 1.63 bits per heavy atom. The van der Waals surface area contributed by atoms with Gasteiger partial charge in [0.1, 0.15) is 12.6 Å². The van der Waals surface area contributed by atoms with Crippen molar-refractivity contribution in [2.24, 2.45) is 0 Å². The summed E-state index contributed by atoms with van der Waals surface area (Å²) in [5, 5.41) is 2.22. The summed E-state index contributed by atoms with van der Waals surface area (Å²) >= 11 is 5.82. The second-order valence-corrected chi connectivity index (χ2v) is 12.3. The smallest absolute Gasteiger partial charge is 0.354 e. The van der Waals surface area contributed by atoms with Crippen LogP contribution in [-0.4, -0.2) is 44.3 Å². The minimum absolute atomic E-state index is 0.0150. The molecule has 0 aliphatic rings. The second kappa shape index (κ2) is 14.7. The van der Waals surface area contributed by atoms with E-state index < -0.39 is 56.9 Å². The number of benzene rings is 3. The molecule has 0 saturated heterocycles. The number of nitrogens with zero attached hydrogens (tertiary/aromatic N) is 2. The summed E-state index contributed by atoms with van der Waals surface area (Å²) < 4.78 is 69.7. The van der Waals surface area contributed by atoms with Crippen LogP contribution in [0.25, 0.3) is 0 Å². The van der Waals surface area contributed by atoms with Crippen LogP contribution in [0.3, 0.4) is 0 Å². The molecule has 43 heavy (non-hydrogen) atoms. The Balaban J connectivity index is 2.12. The lowest BCUT2D eigenvalue weighted by molar-refractivity contribution is -0.140. The molecular weight excluding hydrogens is 603 g/mol. The van der Waals surface area contributed by atoms with Crippen LogP contribution >= 0.6 is 11.6 Å². The van der Waals surface area contributed by atoms with Gasteiger partial charge in [0.05, 0.1) is 21.2 Å². The van der Waals surface area contributed by atoms with Gasteiger partial charge in [-0.2, -0.15) is 13.2 Å². The molecule has 1 atom stereocenters. The van der Waals surface area contributed by atoms with Gasteiger partial charge in [0.15, 0.2) is 0 Å². The molecule has 2 amide bonds. The van der Waals surface area contributed by atoms with E-state index in [1.54, 1.807) is 25.1 Å². The first kappa shape index (κ1) is 33.9. The van der Waals surface area contributed by atoms with Gasteiger partial charge in [0, 0.05) is 13.1 Å². The van der Waals surface area contributed by atoms with Gasteiger partial charge >= 0.3 is 6.18 Å². The van der Waals surface area contributed by atoms with Crippen molar-refractivity contribution in [1.29, 1.82) is 0 Å². The van der Waals surface area contributed by atoms with Crippen molar-refractivity contribution in [2.75, 3.05) is 17.4 Å². The molecule has 0 bridgehead atoms. The van der Waals surface area contributed by atoms with E-state index in [1.807, 2.05) is 26.0 Å². The Labute approximate surface area is 255 Å². The number of carbonyl (C=O) groups is 2. The standard InChI is InChI=1S/C31H35ClF3N3O4S/c1-4-6-18-36-30(40)28(5-2)37(20-23-13-11-10-12-22(23)3)29(39)21-38(43(41,42)25-14-8-7-9-15-25)24-16-17-27(32)26(19-24)31(33,34)35/h7-17,19,28H,4-6,18,20-21H2,1-3H3,(H,36,40). The molecule has 3 aromatic rings. The lowest BCUT2D eigenvalue weighted by Crippen LogP contribution is -2.52. The number of aryl methyl sites for hydroxylation is 1. The maximum atomic E-state index is 14.1. The van der Waals surface area contributed by atoms with Crippen LogP contribution < -0.4 is 9.62 Å². The molecule has 0 spiro atoms. The Bertz CT molecular complexity index is 1520. The number of sulfonamides is 1. The fourth-order valence-electron chi connectivity index (χ4n) is 4.53. The topological polar surface area (TPSA) is 86.8 Å². The van der Waals surface area contributed by atoms with Gasteiger partial charge < -0.3 is 10.2 Å². The Kier molecular flexibility index (Phi) is 11.6. The van der Waals surface area contributed by atoms with Gasteiger partial charge in [-0.3, -0.25) is 13.9 Å². The van der Waals surface area contributed by atoms with Crippen molar-refractivity contribution >= 4 is 39.1 Å². The van der Waals surface area contributed by atoms with E-state index >= 15 is 0 Å². The zero-order valence-electron chi connectivity index (χ0n) is 24.2. The fourth-order valence-corrected chi connectivity index (χ4v) is 6.18. The summed E-state index contributed by atoms with van der Waals surface area (Å²) in [7, 11) is -4.53. The number of alkyl halides is 3.